The molecule has 5 heteroatoms. The molecule has 0 bridgehead atoms. The Bertz CT molecular complexity index is 500. The minimum Gasteiger partial charge on any atom is -0.379 e. The molecule has 0 unspecified atom stereocenters. The summed E-state index contributed by atoms with van der Waals surface area (Å²) in [7, 11) is 0. The highest BCUT2D eigenvalue weighted by atomic mass is 79.9. The molecule has 0 saturated heterocycles. The maximum absolute atomic E-state index is 12.8. The summed E-state index contributed by atoms with van der Waals surface area (Å²) in [6, 6.07) is 8.40. The van der Waals surface area contributed by atoms with Crippen molar-refractivity contribution < 1.29 is 4.39 Å². The fourth-order valence-corrected chi connectivity index (χ4v) is 2.78. The van der Waals surface area contributed by atoms with Crippen molar-refractivity contribution in [2.75, 3.05) is 5.32 Å². The molecule has 1 aromatic carbocycles. The third kappa shape index (κ3) is 2.97. The molecular formula is C11H8BrClFNS. The van der Waals surface area contributed by atoms with Gasteiger partial charge in [-0.1, -0.05) is 11.6 Å². The Labute approximate surface area is 110 Å². The summed E-state index contributed by atoms with van der Waals surface area (Å²) in [5.41, 5.74) is 0.867. The molecule has 1 N–H and O–H groups in total. The van der Waals surface area contributed by atoms with Crippen molar-refractivity contribution in [1.82, 2.24) is 0 Å². The van der Waals surface area contributed by atoms with Gasteiger partial charge in [0, 0.05) is 21.6 Å². The molecule has 2 rings (SSSR count). The molecular weight excluding hydrogens is 313 g/mol. The first-order valence-corrected chi connectivity index (χ1v) is 6.57. The molecule has 0 atom stereocenters. The van der Waals surface area contributed by atoms with Gasteiger partial charge in [0.1, 0.15) is 5.82 Å². The summed E-state index contributed by atoms with van der Waals surface area (Å²) in [6.07, 6.45) is 0. The maximum atomic E-state index is 12.8. The minimum atomic E-state index is -0.253. The topological polar surface area (TPSA) is 12.0 Å². The zero-order valence-corrected chi connectivity index (χ0v) is 11.3. The van der Waals surface area contributed by atoms with Crippen LogP contribution in [-0.2, 0) is 6.54 Å². The molecule has 0 aliphatic carbocycles. The summed E-state index contributed by atoms with van der Waals surface area (Å²) >= 11 is 10.7. The third-order valence-electron chi connectivity index (χ3n) is 2.01. The number of thiophene rings is 1. The van der Waals surface area contributed by atoms with Gasteiger partial charge in [-0.25, -0.2) is 4.39 Å². The van der Waals surface area contributed by atoms with Gasteiger partial charge in [-0.3, -0.25) is 0 Å². The molecule has 1 aromatic heterocycles. The zero-order valence-electron chi connectivity index (χ0n) is 8.14. The van der Waals surface area contributed by atoms with E-state index in [-0.39, 0.29) is 5.82 Å². The lowest BCUT2D eigenvalue weighted by atomic mass is 10.3. The second-order valence-corrected chi connectivity index (χ2v) is 5.84. The SMILES string of the molecule is Fc1ccc(NCc2ccc(Cl)s2)c(Br)c1. The number of benzene rings is 1. The highest BCUT2D eigenvalue weighted by molar-refractivity contribution is 9.10. The zero-order chi connectivity index (χ0) is 11.5. The Morgan fingerprint density at radius 1 is 1.31 bits per heavy atom. The average Bonchev–Trinajstić information content (AvgIpc) is 2.63. The van der Waals surface area contributed by atoms with Crippen LogP contribution in [0.2, 0.25) is 4.34 Å². The number of halogens is 3. The van der Waals surface area contributed by atoms with Crippen molar-refractivity contribution in [3.05, 3.63) is 49.8 Å². The average molecular weight is 321 g/mol. The van der Waals surface area contributed by atoms with Gasteiger partial charge >= 0.3 is 0 Å². The molecule has 0 spiro atoms. The predicted octanol–water partition coefficient (Wildman–Crippen LogP) is 4.92. The van der Waals surface area contributed by atoms with E-state index in [9.17, 15) is 4.39 Å². The molecule has 0 amide bonds. The van der Waals surface area contributed by atoms with Crippen LogP contribution in [0.25, 0.3) is 0 Å². The smallest absolute Gasteiger partial charge is 0.124 e. The van der Waals surface area contributed by atoms with Crippen LogP contribution in [0.15, 0.2) is 34.8 Å². The number of rotatable bonds is 3. The van der Waals surface area contributed by atoms with E-state index in [1.54, 1.807) is 6.07 Å². The summed E-state index contributed by atoms with van der Waals surface area (Å²) in [6.45, 7) is 0.682. The molecule has 84 valence electrons. The van der Waals surface area contributed by atoms with Crippen LogP contribution >= 0.6 is 38.9 Å². The first-order valence-electron chi connectivity index (χ1n) is 4.58. The van der Waals surface area contributed by atoms with E-state index in [1.807, 2.05) is 12.1 Å². The quantitative estimate of drug-likeness (QED) is 0.847. The number of nitrogens with one attached hydrogen (secondary N) is 1. The van der Waals surface area contributed by atoms with Crippen LogP contribution in [-0.4, -0.2) is 0 Å². The van der Waals surface area contributed by atoms with E-state index >= 15 is 0 Å². The van der Waals surface area contributed by atoms with Crippen LogP contribution in [0.3, 0.4) is 0 Å². The largest absolute Gasteiger partial charge is 0.379 e. The second-order valence-electron chi connectivity index (χ2n) is 3.18. The Kier molecular flexibility index (Phi) is 3.84. The highest BCUT2D eigenvalue weighted by Crippen LogP contribution is 2.26. The lowest BCUT2D eigenvalue weighted by Crippen LogP contribution is -1.98. The Hall–Kier alpha value is -0.580. The molecule has 0 fully saturated rings. The molecule has 2 aromatic rings. The van der Waals surface area contributed by atoms with E-state index in [0.717, 1.165) is 19.4 Å². The van der Waals surface area contributed by atoms with Gasteiger partial charge in [0.15, 0.2) is 0 Å². The monoisotopic (exact) mass is 319 g/mol. The predicted molar refractivity (Wildman–Crippen MR) is 70.8 cm³/mol. The Morgan fingerprint density at radius 3 is 2.75 bits per heavy atom. The number of anilines is 1. The van der Waals surface area contributed by atoms with E-state index < -0.39 is 0 Å². The molecule has 0 aliphatic rings. The van der Waals surface area contributed by atoms with Gasteiger partial charge in [0.25, 0.3) is 0 Å². The fourth-order valence-electron chi connectivity index (χ4n) is 1.26. The molecule has 0 radical (unpaired) electrons. The van der Waals surface area contributed by atoms with Crippen LogP contribution in [0.1, 0.15) is 4.88 Å². The van der Waals surface area contributed by atoms with Crippen molar-refractivity contribution in [2.45, 2.75) is 6.54 Å². The van der Waals surface area contributed by atoms with Crippen molar-refractivity contribution in [3.63, 3.8) is 0 Å². The first kappa shape index (κ1) is 11.9. The second kappa shape index (κ2) is 5.17. The van der Waals surface area contributed by atoms with Crippen LogP contribution in [0.4, 0.5) is 10.1 Å². The van der Waals surface area contributed by atoms with Gasteiger partial charge in [-0.05, 0) is 46.3 Å². The normalized spacial score (nSPS) is 10.4. The summed E-state index contributed by atoms with van der Waals surface area (Å²) in [5, 5.41) is 3.21. The van der Waals surface area contributed by atoms with Crippen molar-refractivity contribution >= 4 is 44.6 Å². The van der Waals surface area contributed by atoms with Crippen LogP contribution < -0.4 is 5.32 Å². The standard InChI is InChI=1S/C11H8BrClFNS/c12-9-5-7(14)1-3-10(9)15-6-8-2-4-11(13)16-8/h1-5,15H,6H2. The minimum absolute atomic E-state index is 0.253. The Balaban J connectivity index is 2.04. The molecule has 0 saturated carbocycles. The van der Waals surface area contributed by atoms with Crippen LogP contribution in [0.5, 0.6) is 0 Å². The van der Waals surface area contributed by atoms with Gasteiger partial charge in [0.2, 0.25) is 0 Å². The maximum Gasteiger partial charge on any atom is 0.124 e. The number of hydrogen-bond donors (Lipinski definition) is 1. The molecule has 0 aliphatic heterocycles. The highest BCUT2D eigenvalue weighted by Gasteiger charge is 2.02. The van der Waals surface area contributed by atoms with Gasteiger partial charge in [-0.15, -0.1) is 11.3 Å². The van der Waals surface area contributed by atoms with E-state index in [2.05, 4.69) is 21.2 Å². The molecule has 1 nitrogen and oxygen atoms in total. The lowest BCUT2D eigenvalue weighted by Gasteiger charge is -2.06. The Morgan fingerprint density at radius 2 is 2.12 bits per heavy atom. The van der Waals surface area contributed by atoms with Gasteiger partial charge in [-0.2, -0.15) is 0 Å². The fraction of sp³-hybridized carbons (Fsp3) is 0.0909. The molecule has 1 heterocycles. The van der Waals surface area contributed by atoms with E-state index in [1.165, 1.54) is 23.5 Å². The van der Waals surface area contributed by atoms with E-state index in [4.69, 9.17) is 11.6 Å². The first-order chi connectivity index (χ1) is 7.65. The van der Waals surface area contributed by atoms with Crippen molar-refractivity contribution in [3.8, 4) is 0 Å². The summed E-state index contributed by atoms with van der Waals surface area (Å²) in [5.74, 6) is -0.253. The lowest BCUT2D eigenvalue weighted by molar-refractivity contribution is 0.627. The van der Waals surface area contributed by atoms with E-state index in [0.29, 0.717) is 6.54 Å². The number of hydrogen-bond acceptors (Lipinski definition) is 2. The van der Waals surface area contributed by atoms with Gasteiger partial charge in [0.05, 0.1) is 4.34 Å². The van der Waals surface area contributed by atoms with Crippen molar-refractivity contribution in [1.29, 1.82) is 0 Å². The van der Waals surface area contributed by atoms with Crippen molar-refractivity contribution in [2.24, 2.45) is 0 Å². The van der Waals surface area contributed by atoms with Crippen LogP contribution in [0, 0.1) is 5.82 Å². The molecule has 16 heavy (non-hydrogen) atoms. The third-order valence-corrected chi connectivity index (χ3v) is 3.90. The summed E-state index contributed by atoms with van der Waals surface area (Å²) in [4.78, 5) is 1.14. The summed E-state index contributed by atoms with van der Waals surface area (Å²) < 4.78 is 14.3. The van der Waals surface area contributed by atoms with Gasteiger partial charge < -0.3 is 5.32 Å².